The fraction of sp³-hybridized carbons (Fsp3) is 0.300. The van der Waals surface area contributed by atoms with Gasteiger partial charge in [0.15, 0.2) is 0 Å². The van der Waals surface area contributed by atoms with Gasteiger partial charge in [0.25, 0.3) is 0 Å². The van der Waals surface area contributed by atoms with Crippen molar-refractivity contribution in [3.8, 4) is 11.3 Å². The Balaban J connectivity index is 1.55. The van der Waals surface area contributed by atoms with E-state index < -0.39 is 10.0 Å². The third-order valence-electron chi connectivity index (χ3n) is 5.04. The smallest absolute Gasteiger partial charge is 0.243 e. The molecule has 1 aliphatic heterocycles. The Kier molecular flexibility index (Phi) is 4.57. The summed E-state index contributed by atoms with van der Waals surface area (Å²) >= 11 is 0. The maximum atomic E-state index is 13.1. The molecule has 3 aromatic rings. The van der Waals surface area contributed by atoms with Crippen LogP contribution in [0.2, 0.25) is 0 Å². The molecule has 0 N–H and O–H groups in total. The second-order valence-corrected chi connectivity index (χ2v) is 8.93. The summed E-state index contributed by atoms with van der Waals surface area (Å²) in [5.74, 6) is 0. The van der Waals surface area contributed by atoms with Gasteiger partial charge in [0.1, 0.15) is 5.69 Å². The minimum Gasteiger partial charge on any atom is -0.247 e. The SMILES string of the molecule is Cc1ccc(C)c(S(=O)(=O)N2CCC(n3cc(-c4ccccc4)nn3)C2)c1. The normalized spacial score (nSPS) is 18.1. The lowest BCUT2D eigenvalue weighted by Gasteiger charge is -2.18. The molecule has 27 heavy (non-hydrogen) atoms. The summed E-state index contributed by atoms with van der Waals surface area (Å²) in [5, 5.41) is 8.49. The third-order valence-corrected chi connectivity index (χ3v) is 7.05. The molecule has 1 unspecified atom stereocenters. The van der Waals surface area contributed by atoms with E-state index in [-0.39, 0.29) is 6.04 Å². The molecule has 0 spiro atoms. The Labute approximate surface area is 159 Å². The number of sulfonamides is 1. The van der Waals surface area contributed by atoms with Crippen LogP contribution in [-0.2, 0) is 10.0 Å². The van der Waals surface area contributed by atoms with Crippen molar-refractivity contribution in [1.29, 1.82) is 0 Å². The van der Waals surface area contributed by atoms with Crippen LogP contribution >= 0.6 is 0 Å². The van der Waals surface area contributed by atoms with Gasteiger partial charge in [-0.05, 0) is 37.5 Å². The Hall–Kier alpha value is -2.51. The number of aromatic nitrogens is 3. The third kappa shape index (κ3) is 3.40. The van der Waals surface area contributed by atoms with Crippen LogP contribution in [0.3, 0.4) is 0 Å². The van der Waals surface area contributed by atoms with Crippen molar-refractivity contribution in [1.82, 2.24) is 19.3 Å². The van der Waals surface area contributed by atoms with Gasteiger partial charge in [-0.3, -0.25) is 0 Å². The van der Waals surface area contributed by atoms with Crippen molar-refractivity contribution < 1.29 is 8.42 Å². The molecule has 2 heterocycles. The maximum Gasteiger partial charge on any atom is 0.243 e. The fourth-order valence-corrected chi connectivity index (χ4v) is 5.27. The molecule has 2 aromatic carbocycles. The van der Waals surface area contributed by atoms with E-state index in [9.17, 15) is 8.42 Å². The maximum absolute atomic E-state index is 13.1. The van der Waals surface area contributed by atoms with Crippen LogP contribution in [-0.4, -0.2) is 40.8 Å². The zero-order chi connectivity index (χ0) is 19.0. The second-order valence-electron chi connectivity index (χ2n) is 7.02. The van der Waals surface area contributed by atoms with Gasteiger partial charge in [-0.1, -0.05) is 47.7 Å². The molecule has 1 aliphatic rings. The zero-order valence-corrected chi connectivity index (χ0v) is 16.2. The Morgan fingerprint density at radius 3 is 2.63 bits per heavy atom. The first-order chi connectivity index (χ1) is 12.9. The van der Waals surface area contributed by atoms with Crippen LogP contribution in [0.4, 0.5) is 0 Å². The van der Waals surface area contributed by atoms with Crippen LogP contribution < -0.4 is 0 Å². The lowest BCUT2D eigenvalue weighted by molar-refractivity contribution is 0.428. The predicted octanol–water partition coefficient (Wildman–Crippen LogP) is 3.20. The predicted molar refractivity (Wildman–Crippen MR) is 104 cm³/mol. The molecular weight excluding hydrogens is 360 g/mol. The zero-order valence-electron chi connectivity index (χ0n) is 15.4. The summed E-state index contributed by atoms with van der Waals surface area (Å²) in [6, 6.07) is 15.4. The summed E-state index contributed by atoms with van der Waals surface area (Å²) < 4.78 is 29.5. The average Bonchev–Trinajstić information content (AvgIpc) is 3.34. The first-order valence-electron chi connectivity index (χ1n) is 9.00. The molecule has 7 heteroatoms. The minimum absolute atomic E-state index is 0.00477. The molecule has 0 radical (unpaired) electrons. The van der Waals surface area contributed by atoms with Crippen molar-refractivity contribution in [3.05, 3.63) is 65.9 Å². The molecule has 6 nitrogen and oxygen atoms in total. The highest BCUT2D eigenvalue weighted by molar-refractivity contribution is 7.89. The first kappa shape index (κ1) is 17.9. The van der Waals surface area contributed by atoms with E-state index in [4.69, 9.17) is 0 Å². The monoisotopic (exact) mass is 382 g/mol. The molecule has 1 fully saturated rings. The van der Waals surface area contributed by atoms with E-state index in [0.717, 1.165) is 28.8 Å². The number of benzene rings is 2. The quantitative estimate of drug-likeness (QED) is 0.695. The number of nitrogens with zero attached hydrogens (tertiary/aromatic N) is 4. The van der Waals surface area contributed by atoms with Gasteiger partial charge in [-0.2, -0.15) is 4.31 Å². The van der Waals surface area contributed by atoms with Crippen molar-refractivity contribution in [2.75, 3.05) is 13.1 Å². The molecule has 0 aliphatic carbocycles. The number of hydrogen-bond donors (Lipinski definition) is 0. The van der Waals surface area contributed by atoms with Crippen molar-refractivity contribution in [2.24, 2.45) is 0 Å². The van der Waals surface area contributed by atoms with E-state index in [0.29, 0.717) is 18.0 Å². The molecular formula is C20H22N4O2S. The molecule has 1 atom stereocenters. The highest BCUT2D eigenvalue weighted by atomic mass is 32.2. The first-order valence-corrected chi connectivity index (χ1v) is 10.4. The highest BCUT2D eigenvalue weighted by Gasteiger charge is 2.34. The Bertz CT molecular complexity index is 1060. The van der Waals surface area contributed by atoms with Gasteiger partial charge in [-0.25, -0.2) is 13.1 Å². The summed E-state index contributed by atoms with van der Waals surface area (Å²) in [7, 11) is -3.51. The van der Waals surface area contributed by atoms with Gasteiger partial charge in [0, 0.05) is 18.7 Å². The van der Waals surface area contributed by atoms with E-state index in [1.807, 2.05) is 62.5 Å². The van der Waals surface area contributed by atoms with Gasteiger partial charge in [0.05, 0.1) is 17.1 Å². The number of hydrogen-bond acceptors (Lipinski definition) is 4. The van der Waals surface area contributed by atoms with E-state index in [1.54, 1.807) is 15.1 Å². The van der Waals surface area contributed by atoms with Crippen LogP contribution in [0, 0.1) is 13.8 Å². The number of rotatable bonds is 4. The van der Waals surface area contributed by atoms with Crippen LogP contribution in [0.15, 0.2) is 59.6 Å². The number of aryl methyl sites for hydroxylation is 2. The minimum atomic E-state index is -3.51. The molecule has 1 saturated heterocycles. The molecule has 0 amide bonds. The molecule has 140 valence electrons. The van der Waals surface area contributed by atoms with E-state index in [1.165, 1.54) is 0 Å². The Morgan fingerprint density at radius 1 is 1.07 bits per heavy atom. The highest BCUT2D eigenvalue weighted by Crippen LogP contribution is 2.29. The van der Waals surface area contributed by atoms with Crippen molar-refractivity contribution >= 4 is 10.0 Å². The van der Waals surface area contributed by atoms with Gasteiger partial charge < -0.3 is 0 Å². The lowest BCUT2D eigenvalue weighted by atomic mass is 10.2. The lowest BCUT2D eigenvalue weighted by Crippen LogP contribution is -2.30. The summed E-state index contributed by atoms with van der Waals surface area (Å²) in [5.41, 5.74) is 3.52. The fourth-order valence-electron chi connectivity index (χ4n) is 3.47. The van der Waals surface area contributed by atoms with Crippen LogP contribution in [0.1, 0.15) is 23.6 Å². The standard InChI is InChI=1S/C20H22N4O2S/c1-15-8-9-16(2)20(12-15)27(25,26)23-11-10-18(13-23)24-14-19(21-22-24)17-6-4-3-5-7-17/h3-9,12,14,18H,10-11,13H2,1-2H3. The summed E-state index contributed by atoms with van der Waals surface area (Å²) in [4.78, 5) is 0.395. The molecule has 0 saturated carbocycles. The molecule has 0 bridgehead atoms. The van der Waals surface area contributed by atoms with E-state index >= 15 is 0 Å². The largest absolute Gasteiger partial charge is 0.247 e. The van der Waals surface area contributed by atoms with Gasteiger partial charge >= 0.3 is 0 Å². The van der Waals surface area contributed by atoms with Crippen molar-refractivity contribution in [2.45, 2.75) is 31.2 Å². The summed E-state index contributed by atoms with van der Waals surface area (Å²) in [6.07, 6.45) is 2.62. The molecule has 4 rings (SSSR count). The average molecular weight is 382 g/mol. The van der Waals surface area contributed by atoms with E-state index in [2.05, 4.69) is 10.3 Å². The summed E-state index contributed by atoms with van der Waals surface area (Å²) in [6.45, 7) is 4.64. The Morgan fingerprint density at radius 2 is 1.85 bits per heavy atom. The second kappa shape index (κ2) is 6.90. The topological polar surface area (TPSA) is 68.1 Å². The van der Waals surface area contributed by atoms with Gasteiger partial charge in [0.2, 0.25) is 10.0 Å². The van der Waals surface area contributed by atoms with Gasteiger partial charge in [-0.15, -0.1) is 5.10 Å². The van der Waals surface area contributed by atoms with Crippen LogP contribution in [0.5, 0.6) is 0 Å². The van der Waals surface area contributed by atoms with Crippen molar-refractivity contribution in [3.63, 3.8) is 0 Å². The van der Waals surface area contributed by atoms with Crippen LogP contribution in [0.25, 0.3) is 11.3 Å². The molecule has 1 aromatic heterocycles.